The van der Waals surface area contributed by atoms with Crippen molar-refractivity contribution in [3.8, 4) is 0 Å². The molecular weight excluding hydrogens is 182 g/mol. The van der Waals surface area contributed by atoms with E-state index in [0.717, 1.165) is 30.0 Å². The highest BCUT2D eigenvalue weighted by atomic mass is 32.1. The maximum atomic E-state index is 10.3. The van der Waals surface area contributed by atoms with E-state index >= 15 is 0 Å². The van der Waals surface area contributed by atoms with E-state index in [2.05, 4.69) is 11.9 Å². The van der Waals surface area contributed by atoms with E-state index < -0.39 is 5.60 Å². The van der Waals surface area contributed by atoms with Crippen LogP contribution >= 0.6 is 11.3 Å². The van der Waals surface area contributed by atoms with Crippen LogP contribution in [-0.4, -0.2) is 10.1 Å². The summed E-state index contributed by atoms with van der Waals surface area (Å²) in [5, 5.41) is 13.3. The van der Waals surface area contributed by atoms with Gasteiger partial charge in [0, 0.05) is 5.38 Å². The fourth-order valence-electron chi connectivity index (χ4n) is 2.08. The van der Waals surface area contributed by atoms with Gasteiger partial charge in [0.1, 0.15) is 5.60 Å². The lowest BCUT2D eigenvalue weighted by Gasteiger charge is -2.19. The van der Waals surface area contributed by atoms with Crippen LogP contribution in [0.2, 0.25) is 0 Å². The van der Waals surface area contributed by atoms with Gasteiger partial charge in [0.05, 0.1) is 10.7 Å². The van der Waals surface area contributed by atoms with Gasteiger partial charge in [-0.3, -0.25) is 0 Å². The van der Waals surface area contributed by atoms with Gasteiger partial charge >= 0.3 is 0 Å². The van der Waals surface area contributed by atoms with Crippen molar-refractivity contribution in [3.63, 3.8) is 0 Å². The van der Waals surface area contributed by atoms with Crippen molar-refractivity contribution < 1.29 is 5.11 Å². The third-order valence-electron chi connectivity index (χ3n) is 2.83. The summed E-state index contributed by atoms with van der Waals surface area (Å²) in [6.07, 6.45) is 2.86. The Labute approximate surface area is 82.6 Å². The Morgan fingerprint density at radius 2 is 2.46 bits per heavy atom. The second kappa shape index (κ2) is 3.07. The summed E-state index contributed by atoms with van der Waals surface area (Å²) in [5.41, 5.74) is 0.267. The number of aryl methyl sites for hydroxylation is 1. The third-order valence-corrected chi connectivity index (χ3v) is 3.61. The lowest BCUT2D eigenvalue weighted by atomic mass is 9.98. The zero-order valence-electron chi connectivity index (χ0n) is 8.08. The van der Waals surface area contributed by atoms with Gasteiger partial charge in [-0.1, -0.05) is 6.92 Å². The third kappa shape index (κ3) is 1.63. The molecule has 0 aliphatic heterocycles. The molecule has 1 N–H and O–H groups in total. The fraction of sp³-hybridized carbons (Fsp3) is 0.700. The largest absolute Gasteiger partial charge is 0.384 e. The van der Waals surface area contributed by atoms with Gasteiger partial charge in [0.15, 0.2) is 0 Å². The molecule has 0 amide bonds. The minimum Gasteiger partial charge on any atom is -0.384 e. The van der Waals surface area contributed by atoms with Crippen LogP contribution in [0.15, 0.2) is 5.38 Å². The lowest BCUT2D eigenvalue weighted by molar-refractivity contribution is 0.0368. The van der Waals surface area contributed by atoms with Crippen LogP contribution in [0.3, 0.4) is 0 Å². The van der Waals surface area contributed by atoms with E-state index in [0.29, 0.717) is 5.92 Å². The first-order chi connectivity index (χ1) is 6.10. The zero-order chi connectivity index (χ0) is 9.47. The van der Waals surface area contributed by atoms with E-state index in [9.17, 15) is 5.11 Å². The highest BCUT2D eigenvalue weighted by Gasteiger charge is 2.38. The first-order valence-corrected chi connectivity index (χ1v) is 5.63. The molecule has 0 saturated heterocycles. The molecule has 0 spiro atoms. The molecule has 1 saturated carbocycles. The number of hydrogen-bond acceptors (Lipinski definition) is 3. The number of rotatable bonds is 1. The minimum absolute atomic E-state index is 0.621. The van der Waals surface area contributed by atoms with Gasteiger partial charge in [-0.25, -0.2) is 4.98 Å². The average molecular weight is 197 g/mol. The summed E-state index contributed by atoms with van der Waals surface area (Å²) in [6.45, 7) is 4.17. The molecule has 1 fully saturated rings. The van der Waals surface area contributed by atoms with E-state index in [-0.39, 0.29) is 0 Å². The topological polar surface area (TPSA) is 33.1 Å². The Morgan fingerprint density at radius 3 is 2.92 bits per heavy atom. The molecule has 1 aromatic heterocycles. The predicted octanol–water partition coefficient (Wildman–Crippen LogP) is 2.46. The van der Waals surface area contributed by atoms with Crippen LogP contribution < -0.4 is 0 Å². The molecule has 2 unspecified atom stereocenters. The molecule has 72 valence electrons. The van der Waals surface area contributed by atoms with Gasteiger partial charge < -0.3 is 5.11 Å². The SMILES string of the molecule is Cc1nc(C2(O)CCC(C)C2)cs1. The number of nitrogens with zero attached hydrogens (tertiary/aromatic N) is 1. The van der Waals surface area contributed by atoms with E-state index in [1.54, 1.807) is 11.3 Å². The number of aliphatic hydroxyl groups is 1. The van der Waals surface area contributed by atoms with Crippen molar-refractivity contribution in [1.82, 2.24) is 4.98 Å². The number of aromatic nitrogens is 1. The van der Waals surface area contributed by atoms with Crippen LogP contribution in [0.4, 0.5) is 0 Å². The van der Waals surface area contributed by atoms with Crippen molar-refractivity contribution in [3.05, 3.63) is 16.1 Å². The molecule has 1 aromatic rings. The van der Waals surface area contributed by atoms with E-state index in [1.165, 1.54) is 0 Å². The van der Waals surface area contributed by atoms with E-state index in [1.807, 2.05) is 12.3 Å². The standard InChI is InChI=1S/C10H15NOS/c1-7-3-4-10(12,5-7)9-6-13-8(2)11-9/h6-7,12H,3-5H2,1-2H3. The summed E-state index contributed by atoms with van der Waals surface area (Å²) in [6, 6.07) is 0. The van der Waals surface area contributed by atoms with Gasteiger partial charge in [-0.05, 0) is 32.1 Å². The Balaban J connectivity index is 2.25. The summed E-state index contributed by atoms with van der Waals surface area (Å²) < 4.78 is 0. The van der Waals surface area contributed by atoms with Gasteiger partial charge in [-0.2, -0.15) is 0 Å². The van der Waals surface area contributed by atoms with Crippen LogP contribution in [0.5, 0.6) is 0 Å². The van der Waals surface area contributed by atoms with Gasteiger partial charge in [0.2, 0.25) is 0 Å². The first-order valence-electron chi connectivity index (χ1n) is 4.75. The Morgan fingerprint density at radius 1 is 1.69 bits per heavy atom. The second-order valence-electron chi connectivity index (χ2n) is 4.13. The molecule has 0 radical (unpaired) electrons. The molecule has 1 aliphatic rings. The molecule has 13 heavy (non-hydrogen) atoms. The number of thiazole rings is 1. The molecular formula is C10H15NOS. The van der Waals surface area contributed by atoms with Crippen LogP contribution in [0, 0.1) is 12.8 Å². The van der Waals surface area contributed by atoms with Crippen molar-refractivity contribution in [2.45, 2.75) is 38.7 Å². The average Bonchev–Trinajstić information content (AvgIpc) is 2.60. The minimum atomic E-state index is -0.621. The second-order valence-corrected chi connectivity index (χ2v) is 5.19. The predicted molar refractivity (Wildman–Crippen MR) is 53.8 cm³/mol. The molecule has 0 bridgehead atoms. The van der Waals surface area contributed by atoms with Crippen LogP contribution in [0.1, 0.15) is 36.9 Å². The molecule has 1 aliphatic carbocycles. The summed E-state index contributed by atoms with van der Waals surface area (Å²) >= 11 is 1.62. The molecule has 3 heteroatoms. The van der Waals surface area contributed by atoms with Gasteiger partial charge in [0.25, 0.3) is 0 Å². The normalized spacial score (nSPS) is 33.9. The quantitative estimate of drug-likeness (QED) is 0.750. The zero-order valence-corrected chi connectivity index (χ0v) is 8.90. The maximum Gasteiger partial charge on any atom is 0.108 e. The Bertz CT molecular complexity index is 310. The molecule has 1 heterocycles. The molecule has 2 atom stereocenters. The molecule has 2 nitrogen and oxygen atoms in total. The summed E-state index contributed by atoms with van der Waals surface area (Å²) in [7, 11) is 0. The van der Waals surface area contributed by atoms with Crippen LogP contribution in [-0.2, 0) is 5.60 Å². The summed E-state index contributed by atoms with van der Waals surface area (Å²) in [5.74, 6) is 0.631. The Kier molecular flexibility index (Phi) is 2.16. The van der Waals surface area contributed by atoms with Gasteiger partial charge in [-0.15, -0.1) is 11.3 Å². The van der Waals surface area contributed by atoms with Crippen molar-refractivity contribution >= 4 is 11.3 Å². The van der Waals surface area contributed by atoms with E-state index in [4.69, 9.17) is 0 Å². The molecule has 2 rings (SSSR count). The monoisotopic (exact) mass is 197 g/mol. The smallest absolute Gasteiger partial charge is 0.108 e. The highest BCUT2D eigenvalue weighted by molar-refractivity contribution is 7.09. The number of hydrogen-bond donors (Lipinski definition) is 1. The van der Waals surface area contributed by atoms with Crippen molar-refractivity contribution in [2.24, 2.45) is 5.92 Å². The molecule has 0 aromatic carbocycles. The fourth-order valence-corrected chi connectivity index (χ4v) is 2.78. The highest BCUT2D eigenvalue weighted by Crippen LogP contribution is 2.41. The first kappa shape index (κ1) is 9.16. The lowest BCUT2D eigenvalue weighted by Crippen LogP contribution is -2.21. The van der Waals surface area contributed by atoms with Crippen LogP contribution in [0.25, 0.3) is 0 Å². The van der Waals surface area contributed by atoms with Crippen molar-refractivity contribution in [1.29, 1.82) is 0 Å². The Hall–Kier alpha value is -0.410. The summed E-state index contributed by atoms with van der Waals surface area (Å²) in [4.78, 5) is 4.37. The van der Waals surface area contributed by atoms with Crippen molar-refractivity contribution in [2.75, 3.05) is 0 Å². The maximum absolute atomic E-state index is 10.3.